The zero-order valence-corrected chi connectivity index (χ0v) is 14.5. The molecule has 0 unspecified atom stereocenters. The molecule has 1 aromatic heterocycles. The number of benzene rings is 1. The molecule has 2 aromatic rings. The number of nitrogens with zero attached hydrogens (tertiary/aromatic N) is 3. The van der Waals surface area contributed by atoms with E-state index in [0.717, 1.165) is 35.9 Å². The first-order valence-electron chi connectivity index (χ1n) is 8.06. The van der Waals surface area contributed by atoms with Crippen molar-refractivity contribution < 1.29 is 9.84 Å². The summed E-state index contributed by atoms with van der Waals surface area (Å²) in [7, 11) is 0. The monoisotopic (exact) mass is 333 g/mol. The van der Waals surface area contributed by atoms with Crippen molar-refractivity contribution in [3.63, 3.8) is 0 Å². The molecular weight excluding hydrogens is 310 g/mol. The van der Waals surface area contributed by atoms with Crippen LogP contribution in [0.5, 0.6) is 5.75 Å². The quantitative estimate of drug-likeness (QED) is 0.593. The number of aliphatic hydroxyl groups excluding tert-OH is 1. The predicted molar refractivity (Wildman–Crippen MR) is 91.0 cm³/mol. The van der Waals surface area contributed by atoms with E-state index < -0.39 is 0 Å². The molecule has 1 fully saturated rings. The predicted octanol–water partition coefficient (Wildman–Crippen LogP) is 3.28. The summed E-state index contributed by atoms with van der Waals surface area (Å²) in [6.45, 7) is 4.80. The first kappa shape index (κ1) is 16.3. The number of hydrogen-bond acceptors (Lipinski definition) is 5. The van der Waals surface area contributed by atoms with Crippen LogP contribution in [0.25, 0.3) is 0 Å². The Hall–Kier alpha value is -1.53. The van der Waals surface area contributed by atoms with E-state index in [-0.39, 0.29) is 6.61 Å². The minimum atomic E-state index is -0.0419. The van der Waals surface area contributed by atoms with Crippen LogP contribution < -0.4 is 4.74 Å². The van der Waals surface area contributed by atoms with Gasteiger partial charge in [0.25, 0.3) is 0 Å². The van der Waals surface area contributed by atoms with Gasteiger partial charge in [-0.05, 0) is 50.3 Å². The molecule has 0 saturated heterocycles. The summed E-state index contributed by atoms with van der Waals surface area (Å²) in [5.41, 5.74) is 2.39. The molecular formula is C17H23N3O2S. The van der Waals surface area contributed by atoms with Crippen molar-refractivity contribution in [2.45, 2.75) is 50.9 Å². The Labute approximate surface area is 141 Å². The van der Waals surface area contributed by atoms with Gasteiger partial charge >= 0.3 is 0 Å². The highest BCUT2D eigenvalue weighted by Crippen LogP contribution is 2.38. The molecule has 1 aromatic carbocycles. The smallest absolute Gasteiger partial charge is 0.191 e. The van der Waals surface area contributed by atoms with Gasteiger partial charge in [0.2, 0.25) is 0 Å². The minimum Gasteiger partial charge on any atom is -0.493 e. The number of hydrogen-bond donors (Lipinski definition) is 1. The number of aliphatic hydroxyl groups is 1. The number of rotatable bonds is 8. The van der Waals surface area contributed by atoms with Crippen molar-refractivity contribution in [3.05, 3.63) is 35.2 Å². The fourth-order valence-corrected chi connectivity index (χ4v) is 3.42. The van der Waals surface area contributed by atoms with E-state index in [4.69, 9.17) is 4.74 Å². The Bertz CT molecular complexity index is 668. The van der Waals surface area contributed by atoms with Crippen LogP contribution >= 0.6 is 11.8 Å². The molecule has 1 aliphatic rings. The number of aromatic nitrogens is 3. The highest BCUT2D eigenvalue weighted by atomic mass is 32.2. The SMILES string of the molecule is Cc1ccc(C)c(OCCCSc2nnc(CO)n2C2CC2)c1. The molecule has 1 saturated carbocycles. The molecule has 1 heterocycles. The van der Waals surface area contributed by atoms with Crippen LogP contribution in [0.4, 0.5) is 0 Å². The molecule has 0 bridgehead atoms. The van der Waals surface area contributed by atoms with E-state index in [9.17, 15) is 5.11 Å². The van der Waals surface area contributed by atoms with Crippen LogP contribution in [0.3, 0.4) is 0 Å². The van der Waals surface area contributed by atoms with Gasteiger partial charge in [-0.3, -0.25) is 0 Å². The first-order chi connectivity index (χ1) is 11.2. The van der Waals surface area contributed by atoms with Gasteiger partial charge in [-0.2, -0.15) is 0 Å². The Morgan fingerprint density at radius 1 is 1.30 bits per heavy atom. The third kappa shape index (κ3) is 4.06. The zero-order chi connectivity index (χ0) is 16.2. The molecule has 0 radical (unpaired) electrons. The average Bonchev–Trinajstić information content (AvgIpc) is 3.30. The van der Waals surface area contributed by atoms with Gasteiger partial charge in [0.1, 0.15) is 12.4 Å². The normalized spacial score (nSPS) is 14.2. The second-order valence-corrected chi connectivity index (χ2v) is 7.04. The summed E-state index contributed by atoms with van der Waals surface area (Å²) in [6, 6.07) is 6.76. The van der Waals surface area contributed by atoms with Crippen molar-refractivity contribution in [1.29, 1.82) is 0 Å². The van der Waals surface area contributed by atoms with Gasteiger partial charge in [0, 0.05) is 11.8 Å². The Kier molecular flexibility index (Phi) is 5.23. The lowest BCUT2D eigenvalue weighted by atomic mass is 10.1. The van der Waals surface area contributed by atoms with E-state index >= 15 is 0 Å². The highest BCUT2D eigenvalue weighted by molar-refractivity contribution is 7.99. The number of aryl methyl sites for hydroxylation is 2. The fraction of sp³-hybridized carbons (Fsp3) is 0.529. The van der Waals surface area contributed by atoms with Crippen molar-refractivity contribution in [3.8, 4) is 5.75 Å². The first-order valence-corrected chi connectivity index (χ1v) is 9.05. The van der Waals surface area contributed by atoms with Crippen LogP contribution in [0.1, 0.15) is 42.3 Å². The van der Waals surface area contributed by atoms with Gasteiger partial charge in [-0.25, -0.2) is 0 Å². The fourth-order valence-electron chi connectivity index (χ4n) is 2.48. The average molecular weight is 333 g/mol. The highest BCUT2D eigenvalue weighted by Gasteiger charge is 2.29. The molecule has 0 spiro atoms. The summed E-state index contributed by atoms with van der Waals surface area (Å²) >= 11 is 1.69. The van der Waals surface area contributed by atoms with Gasteiger partial charge in [0.05, 0.1) is 6.61 Å². The molecule has 0 amide bonds. The Morgan fingerprint density at radius 3 is 2.87 bits per heavy atom. The Morgan fingerprint density at radius 2 is 2.13 bits per heavy atom. The van der Waals surface area contributed by atoms with Crippen LogP contribution in [-0.4, -0.2) is 32.2 Å². The third-order valence-corrected chi connectivity index (χ3v) is 4.94. The summed E-state index contributed by atoms with van der Waals surface area (Å²) in [5, 5.41) is 18.5. The standard InChI is InChI=1S/C17H23N3O2S/c1-12-4-5-13(2)15(10-12)22-8-3-9-23-17-19-18-16(11-21)20(17)14-6-7-14/h4-5,10,14,21H,3,6-9,11H2,1-2H3. The van der Waals surface area contributed by atoms with Crippen LogP contribution in [0.15, 0.2) is 23.4 Å². The topological polar surface area (TPSA) is 60.2 Å². The third-order valence-electron chi connectivity index (χ3n) is 3.91. The molecule has 6 heteroatoms. The van der Waals surface area contributed by atoms with E-state index in [1.54, 1.807) is 11.8 Å². The van der Waals surface area contributed by atoms with Gasteiger partial charge in [-0.15, -0.1) is 10.2 Å². The van der Waals surface area contributed by atoms with Crippen molar-refractivity contribution >= 4 is 11.8 Å². The minimum absolute atomic E-state index is 0.0419. The van der Waals surface area contributed by atoms with Gasteiger partial charge < -0.3 is 14.4 Å². The molecule has 1 N–H and O–H groups in total. The Balaban J connectivity index is 1.47. The molecule has 3 rings (SSSR count). The van der Waals surface area contributed by atoms with E-state index in [1.165, 1.54) is 11.1 Å². The summed E-state index contributed by atoms with van der Waals surface area (Å²) in [4.78, 5) is 0. The van der Waals surface area contributed by atoms with Crippen molar-refractivity contribution in [1.82, 2.24) is 14.8 Å². The summed E-state index contributed by atoms with van der Waals surface area (Å²) < 4.78 is 7.97. The van der Waals surface area contributed by atoms with Crippen LogP contribution in [0, 0.1) is 13.8 Å². The molecule has 1 aliphatic carbocycles. The lowest BCUT2D eigenvalue weighted by molar-refractivity contribution is 0.263. The summed E-state index contributed by atoms with van der Waals surface area (Å²) in [5.74, 6) is 2.58. The second kappa shape index (κ2) is 7.36. The van der Waals surface area contributed by atoms with Gasteiger partial charge in [-0.1, -0.05) is 23.9 Å². The second-order valence-electron chi connectivity index (χ2n) is 5.98. The van der Waals surface area contributed by atoms with Crippen molar-refractivity contribution in [2.75, 3.05) is 12.4 Å². The van der Waals surface area contributed by atoms with Gasteiger partial charge in [0.15, 0.2) is 11.0 Å². The van der Waals surface area contributed by atoms with E-state index in [2.05, 4.69) is 46.8 Å². The van der Waals surface area contributed by atoms with Crippen LogP contribution in [0.2, 0.25) is 0 Å². The molecule has 124 valence electrons. The van der Waals surface area contributed by atoms with Crippen LogP contribution in [-0.2, 0) is 6.61 Å². The number of ether oxygens (including phenoxy) is 1. The maximum absolute atomic E-state index is 9.34. The molecule has 0 atom stereocenters. The molecule has 23 heavy (non-hydrogen) atoms. The summed E-state index contributed by atoms with van der Waals surface area (Å²) in [6.07, 6.45) is 3.27. The molecule has 5 nitrogen and oxygen atoms in total. The maximum atomic E-state index is 9.34. The lowest BCUT2D eigenvalue weighted by Gasteiger charge is -2.10. The lowest BCUT2D eigenvalue weighted by Crippen LogP contribution is -2.04. The van der Waals surface area contributed by atoms with E-state index in [1.807, 2.05) is 0 Å². The largest absolute Gasteiger partial charge is 0.493 e. The molecule has 0 aliphatic heterocycles. The number of thioether (sulfide) groups is 1. The van der Waals surface area contributed by atoms with Crippen molar-refractivity contribution in [2.24, 2.45) is 0 Å². The van der Waals surface area contributed by atoms with E-state index in [0.29, 0.717) is 18.5 Å². The maximum Gasteiger partial charge on any atom is 0.191 e. The zero-order valence-electron chi connectivity index (χ0n) is 13.7.